The first-order valence-electron chi connectivity index (χ1n) is 6.18. The molecule has 0 aliphatic heterocycles. The maximum atomic E-state index is 11.5. The third-order valence-corrected chi connectivity index (χ3v) is 3.69. The third kappa shape index (κ3) is 3.66. The smallest absolute Gasteiger partial charge is 0.330 e. The molecule has 0 rings (SSSR count). The van der Waals surface area contributed by atoms with Gasteiger partial charge in [-0.15, -0.1) is 0 Å². The lowest BCUT2D eigenvalue weighted by Crippen LogP contribution is -2.44. The van der Waals surface area contributed by atoms with Crippen molar-refractivity contribution in [1.29, 1.82) is 0 Å². The topological polar surface area (TPSA) is 26.3 Å². The molecule has 0 heterocycles. The second-order valence-corrected chi connectivity index (χ2v) is 5.10. The molecule has 0 aliphatic rings. The van der Waals surface area contributed by atoms with Crippen LogP contribution in [0.15, 0.2) is 12.2 Å². The van der Waals surface area contributed by atoms with E-state index in [0.29, 0.717) is 0 Å². The van der Waals surface area contributed by atoms with E-state index < -0.39 is 5.60 Å². The average Bonchev–Trinajstić information content (AvgIpc) is 2.17. The van der Waals surface area contributed by atoms with Crippen LogP contribution in [0.4, 0.5) is 0 Å². The van der Waals surface area contributed by atoms with Crippen LogP contribution in [0.1, 0.15) is 60.8 Å². The van der Waals surface area contributed by atoms with E-state index in [2.05, 4.69) is 20.8 Å². The first-order valence-corrected chi connectivity index (χ1v) is 6.18. The van der Waals surface area contributed by atoms with E-state index in [0.717, 1.165) is 19.3 Å². The highest BCUT2D eigenvalue weighted by Gasteiger charge is 2.41. The first-order chi connectivity index (χ1) is 7.33. The zero-order valence-electron chi connectivity index (χ0n) is 11.6. The fourth-order valence-corrected chi connectivity index (χ4v) is 2.00. The van der Waals surface area contributed by atoms with Gasteiger partial charge < -0.3 is 4.74 Å². The minimum atomic E-state index is -0.422. The quantitative estimate of drug-likeness (QED) is 0.503. The Morgan fingerprint density at radius 3 is 2.19 bits per heavy atom. The molecule has 0 saturated carbocycles. The Bertz CT molecular complexity index is 253. The van der Waals surface area contributed by atoms with Crippen LogP contribution in [0.2, 0.25) is 0 Å². The largest absolute Gasteiger partial charge is 0.456 e. The van der Waals surface area contributed by atoms with Crippen molar-refractivity contribution in [3.63, 3.8) is 0 Å². The monoisotopic (exact) mass is 226 g/mol. The summed E-state index contributed by atoms with van der Waals surface area (Å²) >= 11 is 0. The maximum absolute atomic E-state index is 11.5. The van der Waals surface area contributed by atoms with Gasteiger partial charge in [-0.2, -0.15) is 0 Å². The number of esters is 1. The molecule has 16 heavy (non-hydrogen) atoms. The average molecular weight is 226 g/mol. The van der Waals surface area contributed by atoms with Gasteiger partial charge in [-0.3, -0.25) is 0 Å². The second-order valence-electron chi connectivity index (χ2n) is 5.10. The predicted molar refractivity (Wildman–Crippen MR) is 68.3 cm³/mol. The van der Waals surface area contributed by atoms with Crippen molar-refractivity contribution in [3.05, 3.63) is 12.2 Å². The summed E-state index contributed by atoms with van der Waals surface area (Å²) in [6, 6.07) is 0. The number of carbonyl (C=O) groups excluding carboxylic acids is 1. The standard InChI is InChI=1S/C14H26O2/c1-7-10-12(15)16-13(4,5)14(6,9-3)11-8-2/h7,10H,8-9,11H2,1-6H3/b10-7+. The molecule has 1 unspecified atom stereocenters. The molecule has 0 fully saturated rings. The third-order valence-electron chi connectivity index (χ3n) is 3.69. The molecule has 2 heteroatoms. The summed E-state index contributed by atoms with van der Waals surface area (Å²) in [5, 5.41) is 0. The van der Waals surface area contributed by atoms with Crippen molar-refractivity contribution in [2.75, 3.05) is 0 Å². The summed E-state index contributed by atoms with van der Waals surface area (Å²) in [7, 11) is 0. The van der Waals surface area contributed by atoms with Gasteiger partial charge in [0, 0.05) is 11.5 Å². The molecule has 0 bridgehead atoms. The summed E-state index contributed by atoms with van der Waals surface area (Å²) in [6.07, 6.45) is 6.37. The van der Waals surface area contributed by atoms with Crippen LogP contribution in [0, 0.1) is 5.41 Å². The van der Waals surface area contributed by atoms with E-state index in [1.807, 2.05) is 20.8 Å². The van der Waals surface area contributed by atoms with Gasteiger partial charge in [-0.05, 0) is 33.6 Å². The molecular weight excluding hydrogens is 200 g/mol. The number of rotatable bonds is 6. The van der Waals surface area contributed by atoms with Crippen LogP contribution >= 0.6 is 0 Å². The van der Waals surface area contributed by atoms with E-state index in [9.17, 15) is 4.79 Å². The molecule has 94 valence electrons. The van der Waals surface area contributed by atoms with E-state index >= 15 is 0 Å². The van der Waals surface area contributed by atoms with Gasteiger partial charge in [0.1, 0.15) is 5.60 Å². The molecule has 0 saturated heterocycles. The van der Waals surface area contributed by atoms with E-state index in [-0.39, 0.29) is 11.4 Å². The molecular formula is C14H26O2. The van der Waals surface area contributed by atoms with Crippen molar-refractivity contribution in [2.24, 2.45) is 5.41 Å². The van der Waals surface area contributed by atoms with Gasteiger partial charge in [-0.1, -0.05) is 33.3 Å². The Morgan fingerprint density at radius 1 is 1.25 bits per heavy atom. The number of allylic oxidation sites excluding steroid dienone is 1. The molecule has 1 atom stereocenters. The molecule has 0 amide bonds. The van der Waals surface area contributed by atoms with Crippen LogP contribution in [-0.2, 0) is 9.53 Å². The van der Waals surface area contributed by atoms with E-state index in [4.69, 9.17) is 4.74 Å². The number of hydrogen-bond donors (Lipinski definition) is 0. The number of carbonyl (C=O) groups is 1. The van der Waals surface area contributed by atoms with Crippen LogP contribution in [-0.4, -0.2) is 11.6 Å². The first kappa shape index (κ1) is 15.2. The molecule has 2 nitrogen and oxygen atoms in total. The summed E-state index contributed by atoms with van der Waals surface area (Å²) < 4.78 is 5.56. The Labute approximate surface area is 100 Å². The Balaban J connectivity index is 4.78. The predicted octanol–water partition coefficient (Wildman–Crippen LogP) is 4.10. The minimum Gasteiger partial charge on any atom is -0.456 e. The lowest BCUT2D eigenvalue weighted by Gasteiger charge is -2.43. The summed E-state index contributed by atoms with van der Waals surface area (Å²) in [4.78, 5) is 11.5. The number of hydrogen-bond acceptors (Lipinski definition) is 2. The van der Waals surface area contributed by atoms with Crippen LogP contribution in [0.5, 0.6) is 0 Å². The molecule has 0 aromatic rings. The van der Waals surface area contributed by atoms with Crippen molar-refractivity contribution >= 4 is 5.97 Å². The lowest BCUT2D eigenvalue weighted by atomic mass is 9.70. The highest BCUT2D eigenvalue weighted by molar-refractivity contribution is 5.82. The van der Waals surface area contributed by atoms with Crippen LogP contribution in [0.3, 0.4) is 0 Å². The molecule has 0 aromatic heterocycles. The summed E-state index contributed by atoms with van der Waals surface area (Å²) in [5.41, 5.74) is -0.382. The summed E-state index contributed by atoms with van der Waals surface area (Å²) in [5.74, 6) is -0.247. The van der Waals surface area contributed by atoms with Crippen molar-refractivity contribution in [2.45, 2.75) is 66.4 Å². The maximum Gasteiger partial charge on any atom is 0.330 e. The Morgan fingerprint density at radius 2 is 1.81 bits per heavy atom. The van der Waals surface area contributed by atoms with Gasteiger partial charge in [0.05, 0.1) is 0 Å². The Kier molecular flexibility index (Phi) is 5.77. The van der Waals surface area contributed by atoms with Gasteiger partial charge in [0.15, 0.2) is 0 Å². The molecule has 0 spiro atoms. The number of ether oxygens (including phenoxy) is 1. The highest BCUT2D eigenvalue weighted by Crippen LogP contribution is 2.41. The molecule has 0 aliphatic carbocycles. The highest BCUT2D eigenvalue weighted by atomic mass is 16.6. The normalized spacial score (nSPS) is 16.1. The van der Waals surface area contributed by atoms with Crippen molar-refractivity contribution < 1.29 is 9.53 Å². The lowest BCUT2D eigenvalue weighted by molar-refractivity contribution is -0.164. The fraction of sp³-hybridized carbons (Fsp3) is 0.786. The minimum absolute atomic E-state index is 0.0407. The van der Waals surface area contributed by atoms with Gasteiger partial charge in [0.2, 0.25) is 0 Å². The van der Waals surface area contributed by atoms with Gasteiger partial charge in [0.25, 0.3) is 0 Å². The van der Waals surface area contributed by atoms with Crippen LogP contribution < -0.4 is 0 Å². The summed E-state index contributed by atoms with van der Waals surface area (Å²) in [6.45, 7) is 12.3. The fourth-order valence-electron chi connectivity index (χ4n) is 2.00. The van der Waals surface area contributed by atoms with Gasteiger partial charge >= 0.3 is 5.97 Å². The zero-order valence-corrected chi connectivity index (χ0v) is 11.6. The Hall–Kier alpha value is -0.790. The van der Waals surface area contributed by atoms with E-state index in [1.54, 1.807) is 6.08 Å². The van der Waals surface area contributed by atoms with Crippen molar-refractivity contribution in [3.8, 4) is 0 Å². The van der Waals surface area contributed by atoms with Crippen molar-refractivity contribution in [1.82, 2.24) is 0 Å². The van der Waals surface area contributed by atoms with Crippen LogP contribution in [0.25, 0.3) is 0 Å². The van der Waals surface area contributed by atoms with E-state index in [1.165, 1.54) is 6.08 Å². The second kappa shape index (κ2) is 6.07. The van der Waals surface area contributed by atoms with Gasteiger partial charge in [-0.25, -0.2) is 4.79 Å². The molecule has 0 radical (unpaired) electrons. The molecule has 0 aromatic carbocycles. The SMILES string of the molecule is C/C=C/C(=O)OC(C)(C)C(C)(CC)CCC. The zero-order chi connectivity index (χ0) is 12.8. The molecule has 0 N–H and O–H groups in total.